The molecule has 0 aliphatic heterocycles. The fourth-order valence-electron chi connectivity index (χ4n) is 7.73. The third-order valence-corrected chi connectivity index (χ3v) is 9.32. The number of rotatable bonds is 4. The number of carbonyl (C=O) groups is 2. The molecule has 2 N–H and O–H groups in total. The molecule has 0 aromatic heterocycles. The highest BCUT2D eigenvalue weighted by Gasteiger charge is 2.59. The van der Waals surface area contributed by atoms with Crippen LogP contribution in [0, 0.1) is 34.5 Å². The molecule has 0 aromatic rings. The summed E-state index contributed by atoms with van der Waals surface area (Å²) in [7, 11) is 0. The second-order valence-corrected chi connectivity index (χ2v) is 10.5. The standard InChI is InChI=1S/C23H35NO5/c1-22-11-9-15(29-21(27)8-7-20(25)26)13-14(22)3-4-16-17-5-6-19(24-28)23(17,2)12-10-18(16)22/h14-18,28H,3-13H2,1-2H3,(H,25,26)/b24-19+. The van der Waals surface area contributed by atoms with Crippen LogP contribution in [0.1, 0.15) is 84.5 Å². The number of esters is 1. The van der Waals surface area contributed by atoms with Crippen LogP contribution < -0.4 is 0 Å². The Balaban J connectivity index is 1.42. The van der Waals surface area contributed by atoms with Crippen molar-refractivity contribution in [1.29, 1.82) is 0 Å². The summed E-state index contributed by atoms with van der Waals surface area (Å²) in [4.78, 5) is 22.7. The molecule has 29 heavy (non-hydrogen) atoms. The number of carboxylic acids is 1. The summed E-state index contributed by atoms with van der Waals surface area (Å²) < 4.78 is 5.64. The first-order chi connectivity index (χ1) is 13.8. The van der Waals surface area contributed by atoms with Crippen molar-refractivity contribution >= 4 is 17.7 Å². The van der Waals surface area contributed by atoms with Gasteiger partial charge in [0.25, 0.3) is 0 Å². The maximum absolute atomic E-state index is 12.0. The lowest BCUT2D eigenvalue weighted by molar-refractivity contribution is -0.162. The topological polar surface area (TPSA) is 96.2 Å². The SMILES string of the molecule is CC12CCC3C(CCC4CC(OC(=O)CCC(=O)O)CCC43C)C1CC/C2=N\O. The molecule has 4 rings (SSSR count). The van der Waals surface area contributed by atoms with Crippen LogP contribution in [0.15, 0.2) is 5.16 Å². The summed E-state index contributed by atoms with van der Waals surface area (Å²) >= 11 is 0. The zero-order valence-corrected chi connectivity index (χ0v) is 17.7. The fraction of sp³-hybridized carbons (Fsp3) is 0.870. The van der Waals surface area contributed by atoms with Crippen molar-refractivity contribution in [3.05, 3.63) is 0 Å². The summed E-state index contributed by atoms with van der Waals surface area (Å²) in [6.07, 6.45) is 9.47. The minimum atomic E-state index is -0.956. The van der Waals surface area contributed by atoms with Gasteiger partial charge in [0.2, 0.25) is 0 Å². The molecule has 7 unspecified atom stereocenters. The Morgan fingerprint density at radius 2 is 1.86 bits per heavy atom. The summed E-state index contributed by atoms with van der Waals surface area (Å²) in [6, 6.07) is 0. The number of carboxylic acid groups (broad SMARTS) is 1. The zero-order chi connectivity index (χ0) is 20.8. The fourth-order valence-corrected chi connectivity index (χ4v) is 7.73. The quantitative estimate of drug-likeness (QED) is 0.404. The van der Waals surface area contributed by atoms with E-state index in [4.69, 9.17) is 9.84 Å². The molecule has 6 nitrogen and oxygen atoms in total. The van der Waals surface area contributed by atoms with Crippen LogP contribution in [0.25, 0.3) is 0 Å². The van der Waals surface area contributed by atoms with Gasteiger partial charge in [-0.15, -0.1) is 0 Å². The van der Waals surface area contributed by atoms with Gasteiger partial charge >= 0.3 is 11.9 Å². The van der Waals surface area contributed by atoms with E-state index in [2.05, 4.69) is 19.0 Å². The largest absolute Gasteiger partial charge is 0.481 e. The molecule has 0 saturated heterocycles. The molecule has 4 saturated carbocycles. The van der Waals surface area contributed by atoms with Gasteiger partial charge in [0.1, 0.15) is 6.10 Å². The van der Waals surface area contributed by atoms with Crippen LogP contribution in [0.2, 0.25) is 0 Å². The molecule has 4 fully saturated rings. The van der Waals surface area contributed by atoms with E-state index in [1.54, 1.807) is 0 Å². The normalized spacial score (nSPS) is 45.2. The van der Waals surface area contributed by atoms with Crippen molar-refractivity contribution in [3.8, 4) is 0 Å². The van der Waals surface area contributed by atoms with Crippen LogP contribution in [0.4, 0.5) is 0 Å². The summed E-state index contributed by atoms with van der Waals surface area (Å²) in [5.41, 5.74) is 1.40. The predicted octanol–water partition coefficient (Wildman–Crippen LogP) is 4.64. The van der Waals surface area contributed by atoms with Gasteiger partial charge in [0, 0.05) is 5.41 Å². The van der Waals surface area contributed by atoms with Crippen LogP contribution in [-0.2, 0) is 14.3 Å². The van der Waals surface area contributed by atoms with Crippen molar-refractivity contribution in [2.24, 2.45) is 39.7 Å². The van der Waals surface area contributed by atoms with Gasteiger partial charge in [-0.2, -0.15) is 0 Å². The Labute approximate surface area is 173 Å². The summed E-state index contributed by atoms with van der Waals surface area (Å²) in [5.74, 6) is 1.31. The second kappa shape index (κ2) is 7.59. The number of ether oxygens (including phenoxy) is 1. The second-order valence-electron chi connectivity index (χ2n) is 10.5. The lowest BCUT2D eigenvalue weighted by Crippen LogP contribution is -2.54. The number of oxime groups is 1. The molecule has 0 radical (unpaired) electrons. The number of aliphatic carboxylic acids is 1. The van der Waals surface area contributed by atoms with E-state index >= 15 is 0 Å². The number of carbonyl (C=O) groups excluding carboxylic acids is 1. The number of nitrogens with zero attached hydrogens (tertiary/aromatic N) is 1. The van der Waals surface area contributed by atoms with Gasteiger partial charge in [-0.1, -0.05) is 19.0 Å². The third-order valence-electron chi connectivity index (χ3n) is 9.32. The highest BCUT2D eigenvalue weighted by Crippen LogP contribution is 2.65. The zero-order valence-electron chi connectivity index (χ0n) is 17.7. The van der Waals surface area contributed by atoms with Crippen LogP contribution in [-0.4, -0.2) is 34.1 Å². The molecule has 0 spiro atoms. The summed E-state index contributed by atoms with van der Waals surface area (Å²) in [5, 5.41) is 21.9. The maximum atomic E-state index is 12.0. The smallest absolute Gasteiger partial charge is 0.306 e. The minimum Gasteiger partial charge on any atom is -0.481 e. The number of hydrogen-bond donors (Lipinski definition) is 2. The summed E-state index contributed by atoms with van der Waals surface area (Å²) in [6.45, 7) is 4.79. The first kappa shape index (κ1) is 20.7. The average molecular weight is 406 g/mol. The Morgan fingerprint density at radius 1 is 1.07 bits per heavy atom. The maximum Gasteiger partial charge on any atom is 0.306 e. The van der Waals surface area contributed by atoms with Crippen molar-refractivity contribution in [2.75, 3.05) is 0 Å². The van der Waals surface area contributed by atoms with E-state index in [-0.39, 0.29) is 30.3 Å². The Bertz CT molecular complexity index is 705. The molecule has 4 aliphatic carbocycles. The predicted molar refractivity (Wildman–Crippen MR) is 108 cm³/mol. The average Bonchev–Trinajstić information content (AvgIpc) is 3.03. The van der Waals surface area contributed by atoms with Crippen molar-refractivity contribution in [2.45, 2.75) is 90.6 Å². The monoisotopic (exact) mass is 405 g/mol. The molecule has 6 heteroatoms. The number of hydrogen-bond acceptors (Lipinski definition) is 5. The first-order valence-corrected chi connectivity index (χ1v) is 11.4. The van der Waals surface area contributed by atoms with Gasteiger partial charge in [-0.05, 0) is 86.9 Å². The van der Waals surface area contributed by atoms with Gasteiger partial charge in [0.05, 0.1) is 18.6 Å². The van der Waals surface area contributed by atoms with Crippen molar-refractivity contribution in [3.63, 3.8) is 0 Å². The molecule has 7 atom stereocenters. The minimum absolute atomic E-state index is 0.0343. The highest BCUT2D eigenvalue weighted by molar-refractivity contribution is 5.92. The third kappa shape index (κ3) is 3.46. The number of fused-ring (bicyclic) bond motifs is 5. The van der Waals surface area contributed by atoms with Crippen molar-refractivity contribution in [1.82, 2.24) is 0 Å². The Kier molecular flexibility index (Phi) is 5.41. The molecule has 0 amide bonds. The van der Waals surface area contributed by atoms with E-state index < -0.39 is 5.97 Å². The molecule has 4 aliphatic rings. The van der Waals surface area contributed by atoms with E-state index in [1.165, 1.54) is 19.3 Å². The van der Waals surface area contributed by atoms with Gasteiger partial charge in [-0.3, -0.25) is 9.59 Å². The van der Waals surface area contributed by atoms with E-state index in [1.807, 2.05) is 0 Å². The van der Waals surface area contributed by atoms with Gasteiger partial charge in [0.15, 0.2) is 0 Å². The lowest BCUT2D eigenvalue weighted by Gasteiger charge is -2.60. The Morgan fingerprint density at radius 3 is 2.59 bits per heavy atom. The molecule has 0 aromatic carbocycles. The molecular formula is C23H35NO5. The van der Waals surface area contributed by atoms with Crippen molar-refractivity contribution < 1.29 is 24.6 Å². The van der Waals surface area contributed by atoms with E-state index in [0.29, 0.717) is 29.1 Å². The van der Waals surface area contributed by atoms with Crippen LogP contribution in [0.3, 0.4) is 0 Å². The molecule has 0 bridgehead atoms. The van der Waals surface area contributed by atoms with Gasteiger partial charge < -0.3 is 15.1 Å². The van der Waals surface area contributed by atoms with Gasteiger partial charge in [-0.25, -0.2) is 0 Å². The first-order valence-electron chi connectivity index (χ1n) is 11.4. The van der Waals surface area contributed by atoms with Crippen LogP contribution in [0.5, 0.6) is 0 Å². The molecule has 0 heterocycles. The highest BCUT2D eigenvalue weighted by atomic mass is 16.5. The molecule has 162 valence electrons. The van der Waals surface area contributed by atoms with E-state index in [0.717, 1.165) is 44.2 Å². The Hall–Kier alpha value is -1.59. The van der Waals surface area contributed by atoms with E-state index in [9.17, 15) is 14.8 Å². The van der Waals surface area contributed by atoms with Crippen LogP contribution >= 0.6 is 0 Å². The lowest BCUT2D eigenvalue weighted by atomic mass is 9.45. The molecular weight excluding hydrogens is 370 g/mol.